The molecule has 126 valence electrons. The molecule has 1 aromatic heterocycles. The molecule has 25 heavy (non-hydrogen) atoms. The van der Waals surface area contributed by atoms with Crippen molar-refractivity contribution in [1.29, 1.82) is 0 Å². The lowest BCUT2D eigenvalue weighted by molar-refractivity contribution is 0.102. The van der Waals surface area contributed by atoms with Crippen LogP contribution in [0.2, 0.25) is 0 Å². The van der Waals surface area contributed by atoms with Gasteiger partial charge in [0, 0.05) is 23.2 Å². The van der Waals surface area contributed by atoms with Gasteiger partial charge in [-0.15, -0.1) is 10.2 Å². The van der Waals surface area contributed by atoms with Gasteiger partial charge in [0.15, 0.2) is 5.16 Å². The highest BCUT2D eigenvalue weighted by Gasteiger charge is 2.14. The smallest absolute Gasteiger partial charge is 0.255 e. The molecule has 0 radical (unpaired) electrons. The Morgan fingerprint density at radius 3 is 2.68 bits per heavy atom. The van der Waals surface area contributed by atoms with E-state index in [1.807, 2.05) is 48.0 Å². The summed E-state index contributed by atoms with van der Waals surface area (Å²) in [6.45, 7) is 0. The lowest BCUT2D eigenvalue weighted by Crippen LogP contribution is -2.12. The van der Waals surface area contributed by atoms with Crippen LogP contribution in [0.25, 0.3) is 0 Å². The van der Waals surface area contributed by atoms with Crippen LogP contribution in [-0.2, 0) is 19.9 Å². The maximum absolute atomic E-state index is 12.5. The van der Waals surface area contributed by atoms with Crippen molar-refractivity contribution in [1.82, 2.24) is 14.8 Å². The van der Waals surface area contributed by atoms with Crippen molar-refractivity contribution in [3.05, 3.63) is 65.5 Å². The summed E-state index contributed by atoms with van der Waals surface area (Å²) < 4.78 is 1.87. The Morgan fingerprint density at radius 1 is 1.12 bits per heavy atom. The molecule has 0 spiro atoms. The lowest BCUT2D eigenvalue weighted by atomic mass is 10.1. The molecular weight excluding hydrogens is 332 g/mol. The summed E-state index contributed by atoms with van der Waals surface area (Å²) in [6.07, 6.45) is 5.06. The molecule has 0 saturated carbocycles. The van der Waals surface area contributed by atoms with Crippen LogP contribution in [0.1, 0.15) is 27.9 Å². The molecule has 4 rings (SSSR count). The maximum Gasteiger partial charge on any atom is 0.255 e. The molecule has 0 atom stereocenters. The molecule has 0 aliphatic heterocycles. The Labute approximate surface area is 150 Å². The van der Waals surface area contributed by atoms with Gasteiger partial charge in [0.1, 0.15) is 6.33 Å². The Kier molecular flexibility index (Phi) is 4.28. The number of aromatic nitrogens is 3. The summed E-state index contributed by atoms with van der Waals surface area (Å²) in [6, 6.07) is 13.8. The summed E-state index contributed by atoms with van der Waals surface area (Å²) >= 11 is 1.53. The second-order valence-corrected chi connectivity index (χ2v) is 7.18. The fraction of sp³-hybridized carbons (Fsp3) is 0.211. The first-order chi connectivity index (χ1) is 12.2. The van der Waals surface area contributed by atoms with Crippen molar-refractivity contribution in [2.24, 2.45) is 7.05 Å². The number of amides is 1. The van der Waals surface area contributed by atoms with E-state index in [-0.39, 0.29) is 5.91 Å². The number of rotatable bonds is 4. The third-order valence-corrected chi connectivity index (χ3v) is 5.41. The van der Waals surface area contributed by atoms with Crippen molar-refractivity contribution >= 4 is 23.4 Å². The van der Waals surface area contributed by atoms with Crippen LogP contribution in [0.5, 0.6) is 0 Å². The first kappa shape index (κ1) is 15.9. The molecule has 1 amide bonds. The zero-order valence-corrected chi connectivity index (χ0v) is 14.7. The van der Waals surface area contributed by atoms with Gasteiger partial charge in [0.2, 0.25) is 0 Å². The van der Waals surface area contributed by atoms with Gasteiger partial charge in [-0.1, -0.05) is 6.07 Å². The molecule has 2 aromatic carbocycles. The highest BCUT2D eigenvalue weighted by Crippen LogP contribution is 2.27. The minimum atomic E-state index is -0.0663. The molecule has 1 aliphatic carbocycles. The van der Waals surface area contributed by atoms with Crippen LogP contribution in [0.15, 0.2) is 58.8 Å². The molecule has 6 heteroatoms. The number of aryl methyl sites for hydroxylation is 3. The predicted octanol–water partition coefficient (Wildman–Crippen LogP) is 3.71. The van der Waals surface area contributed by atoms with Crippen molar-refractivity contribution in [2.75, 3.05) is 5.32 Å². The van der Waals surface area contributed by atoms with Gasteiger partial charge in [-0.25, -0.2) is 0 Å². The molecule has 0 fully saturated rings. The molecule has 3 aromatic rings. The van der Waals surface area contributed by atoms with Gasteiger partial charge < -0.3 is 9.88 Å². The van der Waals surface area contributed by atoms with E-state index >= 15 is 0 Å². The second-order valence-electron chi connectivity index (χ2n) is 6.14. The Morgan fingerprint density at radius 2 is 1.92 bits per heavy atom. The van der Waals surface area contributed by atoms with E-state index < -0.39 is 0 Å². The van der Waals surface area contributed by atoms with Gasteiger partial charge in [-0.05, 0) is 78.5 Å². The summed E-state index contributed by atoms with van der Waals surface area (Å²) in [7, 11) is 1.91. The number of hydrogen-bond acceptors (Lipinski definition) is 4. The second kappa shape index (κ2) is 6.72. The van der Waals surface area contributed by atoms with Crippen molar-refractivity contribution in [3.63, 3.8) is 0 Å². The van der Waals surface area contributed by atoms with E-state index in [2.05, 4.69) is 21.6 Å². The summed E-state index contributed by atoms with van der Waals surface area (Å²) in [5.74, 6) is -0.0663. The number of nitrogens with one attached hydrogen (secondary N) is 1. The van der Waals surface area contributed by atoms with Gasteiger partial charge >= 0.3 is 0 Å². The van der Waals surface area contributed by atoms with Gasteiger partial charge in [-0.2, -0.15) is 0 Å². The Balaban J connectivity index is 1.44. The number of anilines is 1. The monoisotopic (exact) mass is 350 g/mol. The zero-order chi connectivity index (χ0) is 17.2. The SMILES string of the molecule is Cn1cnnc1Sc1ccc(NC(=O)c2ccc3c(c2)CCC3)cc1. The summed E-state index contributed by atoms with van der Waals surface area (Å²) in [5.41, 5.74) is 4.19. The molecule has 1 aliphatic rings. The Bertz CT molecular complexity index is 917. The van der Waals surface area contributed by atoms with Crippen molar-refractivity contribution in [3.8, 4) is 0 Å². The van der Waals surface area contributed by atoms with E-state index in [1.165, 1.54) is 29.3 Å². The van der Waals surface area contributed by atoms with E-state index in [9.17, 15) is 4.79 Å². The number of carbonyl (C=O) groups excluding carboxylic acids is 1. The van der Waals surface area contributed by atoms with Crippen LogP contribution in [0.4, 0.5) is 5.69 Å². The van der Waals surface area contributed by atoms with Crippen molar-refractivity contribution < 1.29 is 4.79 Å². The van der Waals surface area contributed by atoms with Crippen LogP contribution >= 0.6 is 11.8 Å². The van der Waals surface area contributed by atoms with E-state index in [0.717, 1.165) is 34.1 Å². The summed E-state index contributed by atoms with van der Waals surface area (Å²) in [5, 5.41) is 11.7. The third-order valence-electron chi connectivity index (χ3n) is 4.35. The molecule has 1 heterocycles. The molecular formula is C19H18N4OS. The zero-order valence-electron chi connectivity index (χ0n) is 13.9. The van der Waals surface area contributed by atoms with Gasteiger partial charge in [-0.3, -0.25) is 4.79 Å². The van der Waals surface area contributed by atoms with E-state index in [1.54, 1.807) is 6.33 Å². The largest absolute Gasteiger partial charge is 0.322 e. The highest BCUT2D eigenvalue weighted by atomic mass is 32.2. The fourth-order valence-corrected chi connectivity index (χ4v) is 3.76. The van der Waals surface area contributed by atoms with Gasteiger partial charge in [0.25, 0.3) is 5.91 Å². The summed E-state index contributed by atoms with van der Waals surface area (Å²) in [4.78, 5) is 13.5. The highest BCUT2D eigenvalue weighted by molar-refractivity contribution is 7.99. The van der Waals surface area contributed by atoms with Gasteiger partial charge in [0.05, 0.1) is 0 Å². The number of carbonyl (C=O) groups is 1. The quantitative estimate of drug-likeness (QED) is 0.779. The first-order valence-electron chi connectivity index (χ1n) is 8.24. The number of benzene rings is 2. The molecule has 5 nitrogen and oxygen atoms in total. The average Bonchev–Trinajstić information content (AvgIpc) is 3.25. The van der Waals surface area contributed by atoms with Crippen LogP contribution in [-0.4, -0.2) is 20.7 Å². The van der Waals surface area contributed by atoms with E-state index in [4.69, 9.17) is 0 Å². The van der Waals surface area contributed by atoms with Crippen LogP contribution < -0.4 is 5.32 Å². The standard InChI is InChI=1S/C19H18N4OS/c1-23-12-20-22-19(23)25-17-9-7-16(8-10-17)21-18(24)15-6-5-13-3-2-4-14(13)11-15/h5-12H,2-4H2,1H3,(H,21,24). The average molecular weight is 350 g/mol. The number of nitrogens with zero attached hydrogens (tertiary/aromatic N) is 3. The molecule has 0 unspecified atom stereocenters. The minimum absolute atomic E-state index is 0.0663. The normalized spacial score (nSPS) is 12.8. The van der Waals surface area contributed by atoms with Crippen LogP contribution in [0, 0.1) is 0 Å². The minimum Gasteiger partial charge on any atom is -0.322 e. The molecule has 0 saturated heterocycles. The third kappa shape index (κ3) is 3.44. The topological polar surface area (TPSA) is 59.8 Å². The number of fused-ring (bicyclic) bond motifs is 1. The van der Waals surface area contributed by atoms with Crippen LogP contribution in [0.3, 0.4) is 0 Å². The Hall–Kier alpha value is -2.60. The van der Waals surface area contributed by atoms with E-state index in [0.29, 0.717) is 0 Å². The maximum atomic E-state index is 12.5. The first-order valence-corrected chi connectivity index (χ1v) is 9.06. The molecule has 0 bridgehead atoms. The predicted molar refractivity (Wildman–Crippen MR) is 98.0 cm³/mol. The van der Waals surface area contributed by atoms with Crippen molar-refractivity contribution in [2.45, 2.75) is 29.3 Å². The molecule has 1 N–H and O–H groups in total. The lowest BCUT2D eigenvalue weighted by Gasteiger charge is -2.08. The number of hydrogen-bond donors (Lipinski definition) is 1. The fourth-order valence-electron chi connectivity index (χ4n) is 2.99.